The number of methoxy groups -OCH3 is 1. The highest BCUT2D eigenvalue weighted by molar-refractivity contribution is 5.72. The van der Waals surface area contributed by atoms with Gasteiger partial charge < -0.3 is 14.8 Å². The largest absolute Gasteiger partial charge is 0.573 e. The standard InChI is InChI=1S/C20H26F3N3O2/c1-6-12(7-2)17-19(24-4)26-18(15(8-3)25-17)14-11-13(28-20(21,22)23)9-10-16(14)27-5/h9-12H,6-8H2,1-5H3,(H,24,26). The number of hydrogen-bond donors (Lipinski definition) is 1. The first kappa shape index (κ1) is 21.8. The van der Waals surface area contributed by atoms with Crippen LogP contribution in [0, 0.1) is 0 Å². The molecule has 0 aliphatic heterocycles. The Balaban J connectivity index is 2.67. The van der Waals surface area contributed by atoms with Crippen molar-refractivity contribution in [3.05, 3.63) is 29.6 Å². The van der Waals surface area contributed by atoms with Crippen molar-refractivity contribution in [2.75, 3.05) is 19.5 Å². The molecule has 154 valence electrons. The summed E-state index contributed by atoms with van der Waals surface area (Å²) in [5, 5.41) is 3.07. The lowest BCUT2D eigenvalue weighted by Crippen LogP contribution is -2.17. The molecule has 0 aliphatic carbocycles. The van der Waals surface area contributed by atoms with Crippen molar-refractivity contribution in [1.82, 2.24) is 9.97 Å². The maximum atomic E-state index is 12.7. The summed E-state index contributed by atoms with van der Waals surface area (Å²) in [5.41, 5.74) is 2.45. The average Bonchev–Trinajstić information content (AvgIpc) is 2.67. The van der Waals surface area contributed by atoms with E-state index in [2.05, 4.69) is 23.9 Å². The number of ether oxygens (including phenoxy) is 2. The first-order chi connectivity index (χ1) is 13.3. The Morgan fingerprint density at radius 3 is 2.29 bits per heavy atom. The van der Waals surface area contributed by atoms with Gasteiger partial charge in [-0.1, -0.05) is 20.8 Å². The number of aromatic nitrogens is 2. The highest BCUT2D eigenvalue weighted by Gasteiger charge is 2.31. The van der Waals surface area contributed by atoms with Gasteiger partial charge in [-0.2, -0.15) is 0 Å². The third kappa shape index (κ3) is 4.85. The van der Waals surface area contributed by atoms with Crippen LogP contribution in [0.1, 0.15) is 50.9 Å². The summed E-state index contributed by atoms with van der Waals surface area (Å²) in [6.45, 7) is 6.12. The molecule has 0 aliphatic rings. The minimum atomic E-state index is -4.78. The molecule has 0 radical (unpaired) electrons. The molecule has 2 aromatic rings. The summed E-state index contributed by atoms with van der Waals surface area (Å²) in [6.07, 6.45) is -2.37. The SMILES string of the molecule is CCc1nc(C(CC)CC)c(NC)nc1-c1cc(OC(F)(F)F)ccc1OC. The summed E-state index contributed by atoms with van der Waals surface area (Å²) in [7, 11) is 3.21. The highest BCUT2D eigenvalue weighted by Crippen LogP contribution is 2.38. The fraction of sp³-hybridized carbons (Fsp3) is 0.500. The molecule has 2 rings (SSSR count). The van der Waals surface area contributed by atoms with Gasteiger partial charge in [0.2, 0.25) is 0 Å². The molecular formula is C20H26F3N3O2. The molecule has 1 heterocycles. The Bertz CT molecular complexity index is 806. The van der Waals surface area contributed by atoms with Crippen LogP contribution in [0.25, 0.3) is 11.3 Å². The summed E-state index contributed by atoms with van der Waals surface area (Å²) in [4.78, 5) is 9.52. The molecule has 0 unspecified atom stereocenters. The first-order valence-electron chi connectivity index (χ1n) is 9.30. The van der Waals surface area contributed by atoms with Gasteiger partial charge in [-0.15, -0.1) is 13.2 Å². The van der Waals surface area contributed by atoms with Crippen molar-refractivity contribution in [1.29, 1.82) is 0 Å². The fourth-order valence-electron chi connectivity index (χ4n) is 3.16. The highest BCUT2D eigenvalue weighted by atomic mass is 19.4. The fourth-order valence-corrected chi connectivity index (χ4v) is 3.16. The monoisotopic (exact) mass is 397 g/mol. The van der Waals surface area contributed by atoms with E-state index in [0.717, 1.165) is 18.5 Å². The minimum absolute atomic E-state index is 0.246. The average molecular weight is 397 g/mol. The van der Waals surface area contributed by atoms with Crippen LogP contribution in [0.4, 0.5) is 19.0 Å². The zero-order valence-corrected chi connectivity index (χ0v) is 16.8. The number of hydrogen-bond acceptors (Lipinski definition) is 5. The summed E-state index contributed by atoms with van der Waals surface area (Å²) >= 11 is 0. The van der Waals surface area contributed by atoms with Crippen molar-refractivity contribution in [2.45, 2.75) is 52.3 Å². The second kappa shape index (κ2) is 9.12. The summed E-state index contributed by atoms with van der Waals surface area (Å²) in [6, 6.07) is 3.93. The Kier molecular flexibility index (Phi) is 7.10. The Morgan fingerprint density at radius 1 is 1.11 bits per heavy atom. The smallest absolute Gasteiger partial charge is 0.496 e. The van der Waals surface area contributed by atoms with Crippen molar-refractivity contribution < 1.29 is 22.6 Å². The molecule has 0 saturated heterocycles. The second-order valence-corrected chi connectivity index (χ2v) is 6.28. The van der Waals surface area contributed by atoms with Crippen LogP contribution in [-0.4, -0.2) is 30.5 Å². The number of nitrogens with one attached hydrogen (secondary N) is 1. The Morgan fingerprint density at radius 2 is 1.79 bits per heavy atom. The molecule has 1 N–H and O–H groups in total. The van der Waals surface area contributed by atoms with Crippen molar-refractivity contribution in [3.8, 4) is 22.8 Å². The van der Waals surface area contributed by atoms with Gasteiger partial charge in [0, 0.05) is 18.5 Å². The van der Waals surface area contributed by atoms with Gasteiger partial charge >= 0.3 is 6.36 Å². The van der Waals surface area contributed by atoms with Crippen LogP contribution in [0.2, 0.25) is 0 Å². The predicted molar refractivity (Wildman–Crippen MR) is 103 cm³/mol. The molecule has 0 spiro atoms. The van der Waals surface area contributed by atoms with Crippen molar-refractivity contribution >= 4 is 5.82 Å². The Hall–Kier alpha value is -2.51. The summed E-state index contributed by atoms with van der Waals surface area (Å²) < 4.78 is 47.4. The van der Waals surface area contributed by atoms with Gasteiger partial charge in [0.1, 0.15) is 17.3 Å². The molecule has 1 aromatic heterocycles. The van der Waals surface area contributed by atoms with Crippen LogP contribution in [0.15, 0.2) is 18.2 Å². The van der Waals surface area contributed by atoms with Gasteiger partial charge in [-0.3, -0.25) is 4.98 Å². The van der Waals surface area contributed by atoms with E-state index in [1.807, 2.05) is 6.92 Å². The normalized spacial score (nSPS) is 11.6. The quantitative estimate of drug-likeness (QED) is 0.632. The topological polar surface area (TPSA) is 56.3 Å². The number of rotatable bonds is 8. The molecule has 0 atom stereocenters. The van der Waals surface area contributed by atoms with E-state index >= 15 is 0 Å². The van der Waals surface area contributed by atoms with E-state index in [9.17, 15) is 13.2 Å². The minimum Gasteiger partial charge on any atom is -0.496 e. The van der Waals surface area contributed by atoms with E-state index in [1.165, 1.54) is 25.3 Å². The van der Waals surface area contributed by atoms with Crippen LogP contribution in [-0.2, 0) is 6.42 Å². The molecule has 0 fully saturated rings. The van der Waals surface area contributed by atoms with Crippen LogP contribution >= 0.6 is 0 Å². The van der Waals surface area contributed by atoms with E-state index in [4.69, 9.17) is 14.7 Å². The summed E-state index contributed by atoms with van der Waals surface area (Å²) in [5.74, 6) is 0.930. The van der Waals surface area contributed by atoms with E-state index in [1.54, 1.807) is 7.05 Å². The van der Waals surface area contributed by atoms with Gasteiger partial charge in [-0.05, 0) is 37.5 Å². The van der Waals surface area contributed by atoms with Crippen molar-refractivity contribution in [2.24, 2.45) is 0 Å². The molecule has 0 bridgehead atoms. The molecule has 28 heavy (non-hydrogen) atoms. The molecule has 0 saturated carbocycles. The van der Waals surface area contributed by atoms with E-state index < -0.39 is 6.36 Å². The zero-order valence-electron chi connectivity index (χ0n) is 16.8. The molecule has 0 amide bonds. The number of aryl methyl sites for hydroxylation is 1. The molecule has 5 nitrogen and oxygen atoms in total. The van der Waals surface area contributed by atoms with Gasteiger partial charge in [0.25, 0.3) is 0 Å². The number of benzene rings is 1. The van der Waals surface area contributed by atoms with Gasteiger partial charge in [0.05, 0.1) is 24.2 Å². The number of nitrogens with zero attached hydrogens (tertiary/aromatic N) is 2. The third-order valence-electron chi connectivity index (χ3n) is 4.60. The van der Waals surface area contributed by atoms with Crippen LogP contribution in [0.3, 0.4) is 0 Å². The molecular weight excluding hydrogens is 371 g/mol. The lowest BCUT2D eigenvalue weighted by atomic mass is 9.97. The van der Waals surface area contributed by atoms with Gasteiger partial charge in [-0.25, -0.2) is 4.98 Å². The van der Waals surface area contributed by atoms with E-state index in [-0.39, 0.29) is 11.7 Å². The van der Waals surface area contributed by atoms with Gasteiger partial charge in [0.15, 0.2) is 0 Å². The number of alkyl halides is 3. The molecule has 8 heteroatoms. The maximum Gasteiger partial charge on any atom is 0.573 e. The van der Waals surface area contributed by atoms with E-state index in [0.29, 0.717) is 34.9 Å². The van der Waals surface area contributed by atoms with Crippen molar-refractivity contribution in [3.63, 3.8) is 0 Å². The zero-order chi connectivity index (χ0) is 20.9. The number of halogens is 3. The second-order valence-electron chi connectivity index (χ2n) is 6.28. The first-order valence-corrected chi connectivity index (χ1v) is 9.30. The van der Waals surface area contributed by atoms with Crippen LogP contribution in [0.5, 0.6) is 11.5 Å². The molecule has 1 aromatic carbocycles. The third-order valence-corrected chi connectivity index (χ3v) is 4.60. The Labute approximate surface area is 163 Å². The lowest BCUT2D eigenvalue weighted by Gasteiger charge is -2.20. The predicted octanol–water partition coefficient (Wildman–Crippen LogP) is 5.56. The maximum absolute atomic E-state index is 12.7. The number of anilines is 1. The van der Waals surface area contributed by atoms with Crippen LogP contribution < -0.4 is 14.8 Å². The lowest BCUT2D eigenvalue weighted by molar-refractivity contribution is -0.274.